The van der Waals surface area contributed by atoms with Crippen molar-refractivity contribution >= 4 is 31.5 Å². The van der Waals surface area contributed by atoms with Gasteiger partial charge in [-0.25, -0.2) is 16.8 Å². The zero-order valence-electron chi connectivity index (χ0n) is 11.4. The smallest absolute Gasteiger partial charge is 0.243 e. The number of sulfonamides is 1. The van der Waals surface area contributed by atoms with Crippen LogP contribution in [0.4, 0.5) is 0 Å². The summed E-state index contributed by atoms with van der Waals surface area (Å²) in [7, 11) is -5.62. The lowest BCUT2D eigenvalue weighted by Crippen LogP contribution is -2.37. The van der Waals surface area contributed by atoms with Crippen molar-refractivity contribution in [1.82, 2.24) is 4.31 Å². The molecule has 118 valence electrons. The minimum Gasteiger partial charge on any atom is -0.392 e. The molecule has 0 amide bonds. The van der Waals surface area contributed by atoms with Gasteiger partial charge in [-0.15, -0.1) is 0 Å². The summed E-state index contributed by atoms with van der Waals surface area (Å²) in [6, 6.07) is 3.49. The fourth-order valence-electron chi connectivity index (χ4n) is 2.26. The van der Waals surface area contributed by atoms with Crippen molar-refractivity contribution in [3.63, 3.8) is 0 Å². The van der Waals surface area contributed by atoms with Crippen LogP contribution in [-0.4, -0.2) is 50.8 Å². The molecule has 1 aromatic carbocycles. The molecule has 1 aromatic rings. The molecule has 1 atom stereocenters. The average Bonchev–Trinajstić information content (AvgIpc) is 2.78. The second-order valence-electron chi connectivity index (χ2n) is 4.99. The first-order valence-electron chi connectivity index (χ1n) is 6.25. The first kappa shape index (κ1) is 16.7. The number of rotatable bonds is 4. The fraction of sp³-hybridized carbons (Fsp3) is 0.500. The molecule has 0 bridgehead atoms. The quantitative estimate of drug-likeness (QED) is 0.857. The largest absolute Gasteiger partial charge is 0.392 e. The van der Waals surface area contributed by atoms with Crippen LogP contribution in [-0.2, 0) is 26.5 Å². The van der Waals surface area contributed by atoms with Crippen molar-refractivity contribution in [1.29, 1.82) is 0 Å². The highest BCUT2D eigenvalue weighted by Crippen LogP contribution is 2.26. The third kappa shape index (κ3) is 3.40. The summed E-state index contributed by atoms with van der Waals surface area (Å²) in [5, 5.41) is 9.44. The minimum absolute atomic E-state index is 0.0000342. The Kier molecular flexibility index (Phi) is 4.65. The molecule has 1 aliphatic rings. The van der Waals surface area contributed by atoms with Crippen LogP contribution in [0.25, 0.3) is 0 Å². The Balaban J connectivity index is 2.34. The lowest BCUT2D eigenvalue weighted by Gasteiger charge is -2.23. The van der Waals surface area contributed by atoms with Crippen LogP contribution in [0.3, 0.4) is 0 Å². The summed E-state index contributed by atoms with van der Waals surface area (Å²) in [5.74, 6) is -0.163. The van der Waals surface area contributed by atoms with Crippen molar-refractivity contribution in [3.05, 3.63) is 28.8 Å². The predicted molar refractivity (Wildman–Crippen MR) is 79.4 cm³/mol. The van der Waals surface area contributed by atoms with Crippen LogP contribution in [0.5, 0.6) is 0 Å². The van der Waals surface area contributed by atoms with Gasteiger partial charge < -0.3 is 5.11 Å². The van der Waals surface area contributed by atoms with Gasteiger partial charge in [0.05, 0.1) is 23.0 Å². The minimum atomic E-state index is -3.82. The van der Waals surface area contributed by atoms with Gasteiger partial charge in [-0.3, -0.25) is 0 Å². The van der Waals surface area contributed by atoms with E-state index in [2.05, 4.69) is 0 Å². The fourth-order valence-corrected chi connectivity index (χ4v) is 5.74. The number of aliphatic hydroxyl groups is 1. The molecule has 1 heterocycles. The lowest BCUT2D eigenvalue weighted by atomic mass is 10.2. The topological polar surface area (TPSA) is 91.8 Å². The monoisotopic (exact) mass is 353 g/mol. The summed E-state index contributed by atoms with van der Waals surface area (Å²) in [4.78, 5) is -0.0113. The molecule has 1 unspecified atom stereocenters. The predicted octanol–water partition coefficient (Wildman–Crippen LogP) is 0.640. The highest BCUT2D eigenvalue weighted by molar-refractivity contribution is 7.92. The second-order valence-corrected chi connectivity index (χ2v) is 9.62. The molecule has 0 aliphatic carbocycles. The molecule has 2 rings (SSSR count). The molecule has 6 nitrogen and oxygen atoms in total. The van der Waals surface area contributed by atoms with E-state index in [4.69, 9.17) is 16.7 Å². The standard InChI is InChI=1S/C12H16ClNO5S2/c1-14(10-4-5-20(16,17)8-10)21(18,19)11-2-3-12(13)9(6-11)7-15/h2-3,6,10,15H,4-5,7-8H2,1H3. The highest BCUT2D eigenvalue weighted by atomic mass is 35.5. The molecular weight excluding hydrogens is 338 g/mol. The van der Waals surface area contributed by atoms with Crippen LogP contribution in [0.2, 0.25) is 5.02 Å². The molecule has 0 radical (unpaired) electrons. The summed E-state index contributed by atoms with van der Waals surface area (Å²) in [6.07, 6.45) is 0.290. The number of hydrogen-bond donors (Lipinski definition) is 1. The summed E-state index contributed by atoms with van der Waals surface area (Å²) in [6.45, 7) is -0.371. The van der Waals surface area contributed by atoms with Crippen molar-refractivity contribution in [3.8, 4) is 0 Å². The Morgan fingerprint density at radius 2 is 2.10 bits per heavy atom. The Morgan fingerprint density at radius 3 is 2.62 bits per heavy atom. The van der Waals surface area contributed by atoms with E-state index in [1.165, 1.54) is 25.2 Å². The van der Waals surface area contributed by atoms with E-state index in [1.807, 2.05) is 0 Å². The van der Waals surface area contributed by atoms with Crippen molar-refractivity contribution < 1.29 is 21.9 Å². The van der Waals surface area contributed by atoms with Gasteiger partial charge in [-0.2, -0.15) is 4.31 Å². The number of hydrogen-bond acceptors (Lipinski definition) is 5. The molecule has 0 spiro atoms. The number of nitrogens with zero attached hydrogens (tertiary/aromatic N) is 1. The number of aliphatic hydroxyl groups excluding tert-OH is 1. The second kappa shape index (κ2) is 5.85. The molecule has 1 fully saturated rings. The maximum atomic E-state index is 12.5. The Labute approximate surface area is 129 Å². The van der Waals surface area contributed by atoms with E-state index < -0.39 is 25.9 Å². The number of halogens is 1. The normalized spacial score (nSPS) is 21.8. The third-order valence-electron chi connectivity index (χ3n) is 3.59. The Hall–Kier alpha value is -0.670. The Morgan fingerprint density at radius 1 is 1.43 bits per heavy atom. The zero-order chi connectivity index (χ0) is 15.8. The van der Waals surface area contributed by atoms with Gasteiger partial charge in [-0.1, -0.05) is 11.6 Å². The van der Waals surface area contributed by atoms with E-state index >= 15 is 0 Å². The van der Waals surface area contributed by atoms with Gasteiger partial charge in [0.1, 0.15) is 0 Å². The number of benzene rings is 1. The van der Waals surface area contributed by atoms with Crippen LogP contribution < -0.4 is 0 Å². The highest BCUT2D eigenvalue weighted by Gasteiger charge is 2.36. The number of sulfone groups is 1. The average molecular weight is 354 g/mol. The first-order valence-corrected chi connectivity index (χ1v) is 9.89. The van der Waals surface area contributed by atoms with Crippen molar-refractivity contribution in [2.75, 3.05) is 18.6 Å². The Bertz CT molecular complexity index is 745. The van der Waals surface area contributed by atoms with Crippen molar-refractivity contribution in [2.24, 2.45) is 0 Å². The van der Waals surface area contributed by atoms with E-state index in [0.717, 1.165) is 4.31 Å². The van der Waals surface area contributed by atoms with Gasteiger partial charge in [0, 0.05) is 18.1 Å². The summed E-state index contributed by atoms with van der Waals surface area (Å²) < 4.78 is 49.1. The molecule has 9 heteroatoms. The van der Waals surface area contributed by atoms with E-state index in [-0.39, 0.29) is 28.0 Å². The summed E-state index contributed by atoms with van der Waals surface area (Å²) >= 11 is 5.84. The van der Waals surface area contributed by atoms with Crippen LogP contribution in [0.15, 0.2) is 23.1 Å². The molecule has 21 heavy (non-hydrogen) atoms. The van der Waals surface area contributed by atoms with Gasteiger partial charge in [0.25, 0.3) is 0 Å². The lowest BCUT2D eigenvalue weighted by molar-refractivity contribution is 0.281. The summed E-state index contributed by atoms with van der Waals surface area (Å²) in [5.41, 5.74) is 0.310. The van der Waals surface area contributed by atoms with Gasteiger partial charge in [-0.05, 0) is 30.2 Å². The molecular formula is C12H16ClNO5S2. The molecule has 0 saturated carbocycles. The van der Waals surface area contributed by atoms with Crippen LogP contribution >= 0.6 is 11.6 Å². The van der Waals surface area contributed by atoms with Crippen LogP contribution in [0.1, 0.15) is 12.0 Å². The van der Waals surface area contributed by atoms with E-state index in [0.29, 0.717) is 12.0 Å². The first-order chi connectivity index (χ1) is 9.67. The van der Waals surface area contributed by atoms with Crippen molar-refractivity contribution in [2.45, 2.75) is 24.0 Å². The maximum absolute atomic E-state index is 12.5. The maximum Gasteiger partial charge on any atom is 0.243 e. The molecule has 1 aliphatic heterocycles. The van der Waals surface area contributed by atoms with Gasteiger partial charge >= 0.3 is 0 Å². The van der Waals surface area contributed by atoms with Crippen LogP contribution in [0, 0.1) is 0 Å². The third-order valence-corrected chi connectivity index (χ3v) is 7.61. The molecule has 1 N–H and O–H groups in total. The molecule has 1 saturated heterocycles. The SMILES string of the molecule is CN(C1CCS(=O)(=O)C1)S(=O)(=O)c1ccc(Cl)c(CO)c1. The molecule has 0 aromatic heterocycles. The van der Waals surface area contributed by atoms with E-state index in [9.17, 15) is 16.8 Å². The van der Waals surface area contributed by atoms with E-state index in [1.54, 1.807) is 0 Å². The van der Waals surface area contributed by atoms with Gasteiger partial charge in [0.2, 0.25) is 10.0 Å². The van der Waals surface area contributed by atoms with Gasteiger partial charge in [0.15, 0.2) is 9.84 Å². The zero-order valence-corrected chi connectivity index (χ0v) is 13.7.